The fourth-order valence-corrected chi connectivity index (χ4v) is 3.22. The topological polar surface area (TPSA) is 41.6 Å². The van der Waals surface area contributed by atoms with Gasteiger partial charge in [0, 0.05) is 18.1 Å². The van der Waals surface area contributed by atoms with Crippen molar-refractivity contribution in [1.82, 2.24) is 10.2 Å². The number of hydrogen-bond acceptors (Lipinski definition) is 3. The molecule has 0 radical (unpaired) electrons. The minimum atomic E-state index is -0.188. The average Bonchev–Trinajstić information content (AvgIpc) is 2.54. The number of ether oxygens (including phenoxy) is 1. The van der Waals surface area contributed by atoms with E-state index in [0.29, 0.717) is 18.7 Å². The van der Waals surface area contributed by atoms with Crippen molar-refractivity contribution in [3.05, 3.63) is 35.9 Å². The molecule has 1 aromatic rings. The van der Waals surface area contributed by atoms with Crippen LogP contribution >= 0.6 is 0 Å². The number of benzene rings is 1. The minimum Gasteiger partial charge on any atom is -0.445 e. The van der Waals surface area contributed by atoms with Gasteiger partial charge in [-0.25, -0.2) is 4.79 Å². The third kappa shape index (κ3) is 4.47. The summed E-state index contributed by atoms with van der Waals surface area (Å²) in [5, 5.41) is 3.33. The molecule has 22 heavy (non-hydrogen) atoms. The molecule has 0 atom stereocenters. The second kappa shape index (κ2) is 8.18. The molecule has 1 N–H and O–H groups in total. The highest BCUT2D eigenvalue weighted by Gasteiger charge is 2.31. The predicted molar refractivity (Wildman–Crippen MR) is 88.7 cm³/mol. The summed E-state index contributed by atoms with van der Waals surface area (Å²) in [4.78, 5) is 14.4. The number of amides is 1. The van der Waals surface area contributed by atoms with Crippen LogP contribution in [0, 0.1) is 0 Å². The van der Waals surface area contributed by atoms with Crippen molar-refractivity contribution in [1.29, 1.82) is 0 Å². The molecule has 1 saturated carbocycles. The van der Waals surface area contributed by atoms with Crippen molar-refractivity contribution >= 4 is 6.09 Å². The van der Waals surface area contributed by atoms with Crippen LogP contribution < -0.4 is 5.32 Å². The van der Waals surface area contributed by atoms with Gasteiger partial charge in [0.05, 0.1) is 0 Å². The van der Waals surface area contributed by atoms with Crippen molar-refractivity contribution in [3.63, 3.8) is 0 Å². The molecule has 0 bridgehead atoms. The van der Waals surface area contributed by atoms with Crippen molar-refractivity contribution < 1.29 is 9.53 Å². The van der Waals surface area contributed by atoms with E-state index >= 15 is 0 Å². The summed E-state index contributed by atoms with van der Waals surface area (Å²) >= 11 is 0. The Labute approximate surface area is 133 Å². The van der Waals surface area contributed by atoms with E-state index in [1.165, 1.54) is 0 Å². The smallest absolute Gasteiger partial charge is 0.410 e. The van der Waals surface area contributed by atoms with Crippen molar-refractivity contribution in [2.45, 2.75) is 64.3 Å². The summed E-state index contributed by atoms with van der Waals surface area (Å²) in [7, 11) is 2.01. The highest BCUT2D eigenvalue weighted by atomic mass is 16.6. The summed E-state index contributed by atoms with van der Waals surface area (Å²) in [6, 6.07) is 10.9. The number of carbonyl (C=O) groups excluding carboxylic acids is 1. The summed E-state index contributed by atoms with van der Waals surface area (Å²) in [5.41, 5.74) is 1.03. The third-order valence-electron chi connectivity index (χ3n) is 4.47. The molecule has 4 nitrogen and oxygen atoms in total. The Bertz CT molecular complexity index is 453. The van der Waals surface area contributed by atoms with Crippen LogP contribution in [0.3, 0.4) is 0 Å². The molecule has 0 heterocycles. The normalized spacial score (nSPS) is 21.6. The SMILES string of the molecule is CNC1CCC(N(C(=O)OCc2ccccc2)C(C)C)CC1. The largest absolute Gasteiger partial charge is 0.445 e. The van der Waals surface area contributed by atoms with Gasteiger partial charge in [-0.3, -0.25) is 0 Å². The molecule has 4 heteroatoms. The van der Waals surface area contributed by atoms with Gasteiger partial charge < -0.3 is 15.0 Å². The second-order valence-corrected chi connectivity index (χ2v) is 6.34. The zero-order valence-corrected chi connectivity index (χ0v) is 13.9. The molecule has 0 aromatic heterocycles. The maximum atomic E-state index is 12.5. The quantitative estimate of drug-likeness (QED) is 0.904. The van der Waals surface area contributed by atoms with Gasteiger partial charge in [0.15, 0.2) is 0 Å². The number of carbonyl (C=O) groups is 1. The van der Waals surface area contributed by atoms with Gasteiger partial charge in [0.1, 0.15) is 6.61 Å². The maximum absolute atomic E-state index is 12.5. The van der Waals surface area contributed by atoms with Gasteiger partial charge in [0.2, 0.25) is 0 Å². The molecule has 1 aliphatic carbocycles. The average molecular weight is 304 g/mol. The first-order valence-corrected chi connectivity index (χ1v) is 8.28. The highest BCUT2D eigenvalue weighted by Crippen LogP contribution is 2.25. The fraction of sp³-hybridized carbons (Fsp3) is 0.611. The van der Waals surface area contributed by atoms with Gasteiger partial charge in [-0.15, -0.1) is 0 Å². The van der Waals surface area contributed by atoms with Crippen molar-refractivity contribution in [2.75, 3.05) is 7.05 Å². The molecule has 1 fully saturated rings. The monoisotopic (exact) mass is 304 g/mol. The number of nitrogens with zero attached hydrogens (tertiary/aromatic N) is 1. The first-order chi connectivity index (χ1) is 10.6. The van der Waals surface area contributed by atoms with E-state index in [0.717, 1.165) is 31.2 Å². The van der Waals surface area contributed by atoms with Gasteiger partial charge in [0.25, 0.3) is 0 Å². The molecule has 1 aliphatic rings. The second-order valence-electron chi connectivity index (χ2n) is 6.34. The minimum absolute atomic E-state index is 0.166. The van der Waals surface area contributed by atoms with Gasteiger partial charge >= 0.3 is 6.09 Å². The molecule has 0 unspecified atom stereocenters. The van der Waals surface area contributed by atoms with Crippen LogP contribution in [0.25, 0.3) is 0 Å². The molecule has 2 rings (SSSR count). The first kappa shape index (κ1) is 16.8. The van der Waals surface area contributed by atoms with Crippen molar-refractivity contribution in [2.24, 2.45) is 0 Å². The molecular weight excluding hydrogens is 276 g/mol. The summed E-state index contributed by atoms with van der Waals surface area (Å²) in [5.74, 6) is 0. The van der Waals surface area contributed by atoms with Gasteiger partial charge in [-0.05, 0) is 52.1 Å². The molecule has 0 spiro atoms. The van der Waals surface area contributed by atoms with E-state index in [9.17, 15) is 4.79 Å². The van der Waals surface area contributed by atoms with Crippen LogP contribution in [0.15, 0.2) is 30.3 Å². The zero-order chi connectivity index (χ0) is 15.9. The molecule has 1 amide bonds. The third-order valence-corrected chi connectivity index (χ3v) is 4.47. The number of nitrogens with one attached hydrogen (secondary N) is 1. The lowest BCUT2D eigenvalue weighted by Crippen LogP contribution is -2.48. The summed E-state index contributed by atoms with van der Waals surface area (Å²) in [6.45, 7) is 4.47. The molecule has 1 aromatic carbocycles. The van der Waals surface area contributed by atoms with Crippen LogP contribution in [0.2, 0.25) is 0 Å². The van der Waals surface area contributed by atoms with Gasteiger partial charge in [-0.2, -0.15) is 0 Å². The Balaban J connectivity index is 1.91. The first-order valence-electron chi connectivity index (χ1n) is 8.28. The summed E-state index contributed by atoms with van der Waals surface area (Å²) in [6.07, 6.45) is 4.15. The zero-order valence-electron chi connectivity index (χ0n) is 13.9. The van der Waals surface area contributed by atoms with Crippen LogP contribution in [0.5, 0.6) is 0 Å². The van der Waals surface area contributed by atoms with Crippen LogP contribution in [-0.4, -0.2) is 36.2 Å². The van der Waals surface area contributed by atoms with E-state index in [1.807, 2.05) is 42.3 Å². The molecule has 122 valence electrons. The van der Waals surface area contributed by atoms with Crippen LogP contribution in [-0.2, 0) is 11.3 Å². The van der Waals surface area contributed by atoms with E-state index in [4.69, 9.17) is 4.74 Å². The summed E-state index contributed by atoms with van der Waals surface area (Å²) < 4.78 is 5.53. The Morgan fingerprint density at radius 3 is 2.41 bits per heavy atom. The number of hydrogen-bond donors (Lipinski definition) is 1. The molecule has 0 saturated heterocycles. The Hall–Kier alpha value is -1.55. The Morgan fingerprint density at radius 2 is 1.86 bits per heavy atom. The van der Waals surface area contributed by atoms with Crippen molar-refractivity contribution in [3.8, 4) is 0 Å². The van der Waals surface area contributed by atoms with E-state index < -0.39 is 0 Å². The Kier molecular flexibility index (Phi) is 6.25. The lowest BCUT2D eigenvalue weighted by molar-refractivity contribution is 0.0557. The van der Waals surface area contributed by atoms with Crippen LogP contribution in [0.1, 0.15) is 45.1 Å². The van der Waals surface area contributed by atoms with Gasteiger partial charge in [-0.1, -0.05) is 30.3 Å². The Morgan fingerprint density at radius 1 is 1.23 bits per heavy atom. The standard InChI is InChI=1S/C18H28N2O2/c1-14(2)20(17-11-9-16(19-3)10-12-17)18(21)22-13-15-7-5-4-6-8-15/h4-8,14,16-17,19H,9-13H2,1-3H3. The highest BCUT2D eigenvalue weighted by molar-refractivity contribution is 5.68. The number of rotatable bonds is 5. The van der Waals surface area contributed by atoms with Crippen LogP contribution in [0.4, 0.5) is 4.79 Å². The fourth-order valence-electron chi connectivity index (χ4n) is 3.22. The molecular formula is C18H28N2O2. The lowest BCUT2D eigenvalue weighted by Gasteiger charge is -2.38. The maximum Gasteiger partial charge on any atom is 0.410 e. The lowest BCUT2D eigenvalue weighted by atomic mass is 9.90. The molecule has 0 aliphatic heterocycles. The van der Waals surface area contributed by atoms with E-state index in [1.54, 1.807) is 0 Å². The predicted octanol–water partition coefficient (Wildman–Crippen LogP) is 3.56. The van der Waals surface area contributed by atoms with E-state index in [2.05, 4.69) is 19.2 Å². The van der Waals surface area contributed by atoms with E-state index in [-0.39, 0.29) is 12.1 Å².